The van der Waals surface area contributed by atoms with E-state index in [9.17, 15) is 8.42 Å². The average Bonchev–Trinajstić information content (AvgIpc) is 2.78. The molecule has 5 nitrogen and oxygen atoms in total. The summed E-state index contributed by atoms with van der Waals surface area (Å²) in [5.41, 5.74) is 6.05. The van der Waals surface area contributed by atoms with E-state index in [0.717, 1.165) is 25.3 Å². The molecule has 0 aliphatic carbocycles. The minimum Gasteiger partial charge on any atom is -0.329 e. The highest BCUT2D eigenvalue weighted by molar-refractivity contribution is 7.99. The summed E-state index contributed by atoms with van der Waals surface area (Å²) in [7, 11) is -3.03. The van der Waals surface area contributed by atoms with Gasteiger partial charge in [0.05, 0.1) is 6.26 Å². The van der Waals surface area contributed by atoms with E-state index in [1.807, 2.05) is 11.8 Å². The van der Waals surface area contributed by atoms with Gasteiger partial charge in [-0.3, -0.25) is 4.90 Å². The van der Waals surface area contributed by atoms with Gasteiger partial charge in [-0.05, 0) is 12.2 Å². The number of rotatable bonds is 3. The van der Waals surface area contributed by atoms with Crippen LogP contribution < -0.4 is 5.73 Å². The molecular formula is C10H21N3O2S2. The van der Waals surface area contributed by atoms with E-state index in [-0.39, 0.29) is 5.54 Å². The lowest BCUT2D eigenvalue weighted by atomic mass is 9.96. The Morgan fingerprint density at radius 1 is 1.29 bits per heavy atom. The van der Waals surface area contributed by atoms with Gasteiger partial charge in [-0.2, -0.15) is 16.1 Å². The summed E-state index contributed by atoms with van der Waals surface area (Å²) in [6.45, 7) is 3.50. The molecule has 2 rings (SSSR count). The van der Waals surface area contributed by atoms with Gasteiger partial charge in [0.25, 0.3) is 0 Å². The molecule has 0 bridgehead atoms. The highest BCUT2D eigenvalue weighted by Gasteiger charge is 2.40. The Balaban J connectivity index is 1.99. The van der Waals surface area contributed by atoms with E-state index in [1.54, 1.807) is 4.31 Å². The summed E-state index contributed by atoms with van der Waals surface area (Å²) < 4.78 is 24.4. The standard InChI is InChI=1S/C10H21N3O2S2/c1-17(14,15)13-5-3-12(4-6-13)10(8-11)2-7-16-9-10/h2-9,11H2,1H3. The molecule has 0 radical (unpaired) electrons. The summed E-state index contributed by atoms with van der Waals surface area (Å²) in [6, 6.07) is 0. The molecule has 2 saturated heterocycles. The molecule has 2 fully saturated rings. The largest absolute Gasteiger partial charge is 0.329 e. The normalized spacial score (nSPS) is 33.1. The minimum absolute atomic E-state index is 0.119. The van der Waals surface area contributed by atoms with Crippen molar-refractivity contribution < 1.29 is 8.42 Å². The van der Waals surface area contributed by atoms with E-state index < -0.39 is 10.0 Å². The first-order valence-electron chi connectivity index (χ1n) is 5.96. The van der Waals surface area contributed by atoms with Crippen molar-refractivity contribution in [2.75, 3.05) is 50.5 Å². The number of hydrogen-bond acceptors (Lipinski definition) is 5. The highest BCUT2D eigenvalue weighted by atomic mass is 32.2. The second kappa shape index (κ2) is 5.05. The topological polar surface area (TPSA) is 66.6 Å². The van der Waals surface area contributed by atoms with Crippen LogP contribution >= 0.6 is 11.8 Å². The van der Waals surface area contributed by atoms with Gasteiger partial charge in [0.15, 0.2) is 0 Å². The SMILES string of the molecule is CS(=O)(=O)N1CCN(C2(CN)CCSC2)CC1. The van der Waals surface area contributed by atoms with Crippen LogP contribution in [0.2, 0.25) is 0 Å². The maximum atomic E-state index is 11.4. The van der Waals surface area contributed by atoms with Crippen molar-refractivity contribution in [1.29, 1.82) is 0 Å². The van der Waals surface area contributed by atoms with Crippen molar-refractivity contribution in [2.24, 2.45) is 5.73 Å². The molecule has 1 atom stereocenters. The first kappa shape index (κ1) is 13.6. The van der Waals surface area contributed by atoms with Crippen molar-refractivity contribution in [2.45, 2.75) is 12.0 Å². The molecule has 0 aromatic carbocycles. The molecule has 0 aromatic rings. The third-order valence-electron chi connectivity index (χ3n) is 3.84. The molecule has 0 aromatic heterocycles. The van der Waals surface area contributed by atoms with Gasteiger partial charge in [0, 0.05) is 44.0 Å². The van der Waals surface area contributed by atoms with Gasteiger partial charge in [0.1, 0.15) is 0 Å². The number of piperazine rings is 1. The number of thioether (sulfide) groups is 1. The molecule has 17 heavy (non-hydrogen) atoms. The van der Waals surface area contributed by atoms with Crippen molar-refractivity contribution in [1.82, 2.24) is 9.21 Å². The molecule has 0 spiro atoms. The van der Waals surface area contributed by atoms with Gasteiger partial charge in [0.2, 0.25) is 10.0 Å². The van der Waals surface area contributed by atoms with Crippen molar-refractivity contribution in [3.63, 3.8) is 0 Å². The van der Waals surface area contributed by atoms with Gasteiger partial charge < -0.3 is 5.73 Å². The lowest BCUT2D eigenvalue weighted by Gasteiger charge is -2.44. The van der Waals surface area contributed by atoms with Crippen LogP contribution in [0.4, 0.5) is 0 Å². The Kier molecular flexibility index (Phi) is 4.04. The quantitative estimate of drug-likeness (QED) is 0.747. The Morgan fingerprint density at radius 3 is 2.35 bits per heavy atom. The Bertz CT molecular complexity index is 358. The van der Waals surface area contributed by atoms with E-state index in [4.69, 9.17) is 5.73 Å². The summed E-state index contributed by atoms with van der Waals surface area (Å²) in [5.74, 6) is 2.26. The van der Waals surface area contributed by atoms with E-state index in [2.05, 4.69) is 4.90 Å². The van der Waals surface area contributed by atoms with E-state index >= 15 is 0 Å². The van der Waals surface area contributed by atoms with Gasteiger partial charge in [-0.25, -0.2) is 8.42 Å². The summed E-state index contributed by atoms with van der Waals surface area (Å²) in [5, 5.41) is 0. The lowest BCUT2D eigenvalue weighted by Crippen LogP contribution is -2.60. The zero-order valence-electron chi connectivity index (χ0n) is 10.3. The van der Waals surface area contributed by atoms with Gasteiger partial charge >= 0.3 is 0 Å². The Hall–Kier alpha value is 0.180. The minimum atomic E-state index is -3.03. The fourth-order valence-electron chi connectivity index (χ4n) is 2.63. The van der Waals surface area contributed by atoms with Crippen LogP contribution in [-0.4, -0.2) is 73.6 Å². The molecule has 2 heterocycles. The molecular weight excluding hydrogens is 258 g/mol. The smallest absolute Gasteiger partial charge is 0.211 e. The number of hydrogen-bond donors (Lipinski definition) is 1. The van der Waals surface area contributed by atoms with Crippen molar-refractivity contribution in [3.8, 4) is 0 Å². The summed E-state index contributed by atoms with van der Waals surface area (Å²) in [4.78, 5) is 2.40. The van der Waals surface area contributed by atoms with Crippen LogP contribution in [0.5, 0.6) is 0 Å². The molecule has 0 saturated carbocycles. The van der Waals surface area contributed by atoms with Gasteiger partial charge in [-0.15, -0.1) is 0 Å². The van der Waals surface area contributed by atoms with E-state index in [1.165, 1.54) is 12.0 Å². The molecule has 0 amide bonds. The summed E-state index contributed by atoms with van der Waals surface area (Å²) in [6.07, 6.45) is 2.42. The zero-order valence-corrected chi connectivity index (χ0v) is 11.9. The van der Waals surface area contributed by atoms with Crippen molar-refractivity contribution in [3.05, 3.63) is 0 Å². The molecule has 100 valence electrons. The second-order valence-corrected chi connectivity index (χ2v) is 7.97. The Labute approximate surface area is 108 Å². The van der Waals surface area contributed by atoms with Crippen LogP contribution in [0, 0.1) is 0 Å². The fourth-order valence-corrected chi connectivity index (χ4v) is 4.95. The maximum absolute atomic E-state index is 11.4. The monoisotopic (exact) mass is 279 g/mol. The van der Waals surface area contributed by atoms with Crippen LogP contribution in [0.1, 0.15) is 6.42 Å². The second-order valence-electron chi connectivity index (χ2n) is 4.88. The fraction of sp³-hybridized carbons (Fsp3) is 1.00. The number of sulfonamides is 1. The zero-order chi connectivity index (χ0) is 12.5. The van der Waals surface area contributed by atoms with Crippen LogP contribution in [0.3, 0.4) is 0 Å². The molecule has 2 aliphatic rings. The van der Waals surface area contributed by atoms with E-state index in [0.29, 0.717) is 19.6 Å². The predicted molar refractivity (Wildman–Crippen MR) is 71.7 cm³/mol. The molecule has 1 unspecified atom stereocenters. The predicted octanol–water partition coefficient (Wildman–Crippen LogP) is -0.602. The summed E-state index contributed by atoms with van der Waals surface area (Å²) >= 11 is 1.95. The maximum Gasteiger partial charge on any atom is 0.211 e. The highest BCUT2D eigenvalue weighted by Crippen LogP contribution is 2.33. The van der Waals surface area contributed by atoms with Crippen LogP contribution in [0.15, 0.2) is 0 Å². The molecule has 2 aliphatic heterocycles. The van der Waals surface area contributed by atoms with Crippen LogP contribution in [-0.2, 0) is 10.0 Å². The Morgan fingerprint density at radius 2 is 1.94 bits per heavy atom. The number of nitrogens with two attached hydrogens (primary N) is 1. The van der Waals surface area contributed by atoms with Crippen molar-refractivity contribution >= 4 is 21.8 Å². The lowest BCUT2D eigenvalue weighted by molar-refractivity contribution is 0.0773. The molecule has 2 N–H and O–H groups in total. The first-order chi connectivity index (χ1) is 7.98. The average molecular weight is 279 g/mol. The third-order valence-corrected chi connectivity index (χ3v) is 6.38. The van der Waals surface area contributed by atoms with Gasteiger partial charge in [-0.1, -0.05) is 0 Å². The van der Waals surface area contributed by atoms with Crippen LogP contribution in [0.25, 0.3) is 0 Å². The molecule has 7 heteroatoms. The number of nitrogens with zero attached hydrogens (tertiary/aromatic N) is 2. The third kappa shape index (κ3) is 2.78. The first-order valence-corrected chi connectivity index (χ1v) is 8.96.